The van der Waals surface area contributed by atoms with Crippen LogP contribution in [0.25, 0.3) is 0 Å². The average molecular weight is 392 g/mol. The Morgan fingerprint density at radius 3 is 2.29 bits per heavy atom. The molecule has 2 atom stereocenters. The van der Waals surface area contributed by atoms with Crippen molar-refractivity contribution in [2.45, 2.75) is 71.6 Å². The Morgan fingerprint density at radius 2 is 1.71 bits per heavy atom. The molecule has 1 aromatic rings. The number of amides is 3. The van der Waals surface area contributed by atoms with E-state index in [0.29, 0.717) is 6.42 Å². The third-order valence-corrected chi connectivity index (χ3v) is 3.84. The van der Waals surface area contributed by atoms with Crippen LogP contribution in [0, 0.1) is 0 Å². The summed E-state index contributed by atoms with van der Waals surface area (Å²) in [6.45, 7) is 8.94. The molecule has 0 fully saturated rings. The molecule has 0 radical (unpaired) electrons. The second kappa shape index (κ2) is 11.3. The van der Waals surface area contributed by atoms with E-state index in [2.05, 4.69) is 16.0 Å². The van der Waals surface area contributed by atoms with Gasteiger partial charge in [-0.25, -0.2) is 4.79 Å². The maximum Gasteiger partial charge on any atom is 0.408 e. The minimum atomic E-state index is -0.727. The van der Waals surface area contributed by atoms with E-state index in [9.17, 15) is 14.4 Å². The van der Waals surface area contributed by atoms with Crippen molar-refractivity contribution in [3.05, 3.63) is 35.9 Å². The van der Waals surface area contributed by atoms with Gasteiger partial charge in [0.25, 0.3) is 0 Å². The van der Waals surface area contributed by atoms with Crippen molar-refractivity contribution in [3.8, 4) is 0 Å². The van der Waals surface area contributed by atoms with Gasteiger partial charge in [0.05, 0.1) is 0 Å². The van der Waals surface area contributed by atoms with Gasteiger partial charge in [0, 0.05) is 12.5 Å². The molecule has 0 bridgehead atoms. The van der Waals surface area contributed by atoms with Crippen LogP contribution in [0.5, 0.6) is 0 Å². The molecule has 0 aliphatic carbocycles. The van der Waals surface area contributed by atoms with Gasteiger partial charge in [-0.1, -0.05) is 43.7 Å². The van der Waals surface area contributed by atoms with Crippen LogP contribution in [0.15, 0.2) is 30.3 Å². The standard InChI is InChI=1S/C21H33N3O4/c1-6-10-15(2)23-19(26)17(13-16-11-8-7-9-12-16)24-18(25)14-22-20(27)28-21(3,4)5/h7-9,11-12,15,17H,6,10,13-14H2,1-5H3,(H,22,27)(H,23,26)(H,24,25). The Kier molecular flexibility index (Phi) is 9.48. The van der Waals surface area contributed by atoms with Gasteiger partial charge in [0.1, 0.15) is 18.2 Å². The molecule has 3 amide bonds. The number of alkyl carbamates (subject to hydrolysis) is 1. The van der Waals surface area contributed by atoms with E-state index in [1.165, 1.54) is 0 Å². The zero-order valence-electron chi connectivity index (χ0n) is 17.5. The highest BCUT2D eigenvalue weighted by Gasteiger charge is 2.23. The molecule has 1 aromatic carbocycles. The molecular formula is C21H33N3O4. The highest BCUT2D eigenvalue weighted by atomic mass is 16.6. The monoisotopic (exact) mass is 391 g/mol. The third kappa shape index (κ3) is 9.94. The van der Waals surface area contributed by atoms with Crippen LogP contribution in [0.4, 0.5) is 4.79 Å². The first-order valence-electron chi connectivity index (χ1n) is 9.71. The molecule has 156 valence electrons. The lowest BCUT2D eigenvalue weighted by molar-refractivity contribution is -0.129. The maximum absolute atomic E-state index is 12.7. The zero-order valence-corrected chi connectivity index (χ0v) is 17.5. The fourth-order valence-corrected chi connectivity index (χ4v) is 2.62. The highest BCUT2D eigenvalue weighted by Crippen LogP contribution is 2.07. The molecule has 0 saturated carbocycles. The second-order valence-electron chi connectivity index (χ2n) is 7.86. The van der Waals surface area contributed by atoms with E-state index in [4.69, 9.17) is 4.74 Å². The lowest BCUT2D eigenvalue weighted by Gasteiger charge is -2.22. The molecule has 28 heavy (non-hydrogen) atoms. The minimum absolute atomic E-state index is 0.0209. The molecular weight excluding hydrogens is 358 g/mol. The Bertz CT molecular complexity index is 641. The number of carbonyl (C=O) groups excluding carboxylic acids is 3. The second-order valence-corrected chi connectivity index (χ2v) is 7.86. The van der Waals surface area contributed by atoms with Crippen LogP contribution in [0.2, 0.25) is 0 Å². The molecule has 3 N–H and O–H groups in total. The molecule has 0 aromatic heterocycles. The van der Waals surface area contributed by atoms with Crippen LogP contribution in [-0.4, -0.2) is 42.1 Å². The van der Waals surface area contributed by atoms with Crippen molar-refractivity contribution in [2.24, 2.45) is 0 Å². The lowest BCUT2D eigenvalue weighted by Crippen LogP contribution is -2.52. The summed E-state index contributed by atoms with van der Waals surface area (Å²) in [6.07, 6.45) is 1.50. The van der Waals surface area contributed by atoms with Gasteiger partial charge >= 0.3 is 6.09 Å². The van der Waals surface area contributed by atoms with Gasteiger partial charge in [-0.3, -0.25) is 9.59 Å². The van der Waals surface area contributed by atoms with Crippen molar-refractivity contribution in [1.29, 1.82) is 0 Å². The van der Waals surface area contributed by atoms with Crippen molar-refractivity contribution in [2.75, 3.05) is 6.54 Å². The molecule has 0 spiro atoms. The maximum atomic E-state index is 12.7. The van der Waals surface area contributed by atoms with E-state index in [1.54, 1.807) is 20.8 Å². The van der Waals surface area contributed by atoms with Crippen LogP contribution in [-0.2, 0) is 20.7 Å². The van der Waals surface area contributed by atoms with Gasteiger partial charge in [-0.15, -0.1) is 0 Å². The van der Waals surface area contributed by atoms with Crippen molar-refractivity contribution in [1.82, 2.24) is 16.0 Å². The number of hydrogen-bond donors (Lipinski definition) is 3. The van der Waals surface area contributed by atoms with Crippen LogP contribution >= 0.6 is 0 Å². The normalized spacial score (nSPS) is 13.2. The summed E-state index contributed by atoms with van der Waals surface area (Å²) in [5, 5.41) is 8.05. The summed E-state index contributed by atoms with van der Waals surface area (Å²) < 4.78 is 5.11. The van der Waals surface area contributed by atoms with E-state index >= 15 is 0 Å². The minimum Gasteiger partial charge on any atom is -0.444 e. The molecule has 0 aliphatic heterocycles. The van der Waals surface area contributed by atoms with Crippen molar-refractivity contribution >= 4 is 17.9 Å². The number of ether oxygens (including phenoxy) is 1. The number of nitrogens with one attached hydrogen (secondary N) is 3. The van der Waals surface area contributed by atoms with Crippen LogP contribution < -0.4 is 16.0 Å². The lowest BCUT2D eigenvalue weighted by atomic mass is 10.0. The Hall–Kier alpha value is -2.57. The number of carbonyl (C=O) groups is 3. The molecule has 7 nitrogen and oxygen atoms in total. The summed E-state index contributed by atoms with van der Waals surface area (Å²) in [5.41, 5.74) is 0.289. The van der Waals surface area contributed by atoms with Crippen LogP contribution in [0.3, 0.4) is 0 Å². The number of benzene rings is 1. The van der Waals surface area contributed by atoms with Crippen molar-refractivity contribution in [3.63, 3.8) is 0 Å². The molecule has 1 rings (SSSR count). The quantitative estimate of drug-likeness (QED) is 0.603. The van der Waals surface area contributed by atoms with E-state index in [1.807, 2.05) is 44.2 Å². The fraction of sp³-hybridized carbons (Fsp3) is 0.571. The highest BCUT2D eigenvalue weighted by molar-refractivity contribution is 5.89. The first-order chi connectivity index (χ1) is 13.1. The molecule has 2 unspecified atom stereocenters. The smallest absolute Gasteiger partial charge is 0.408 e. The number of hydrogen-bond acceptors (Lipinski definition) is 4. The van der Waals surface area contributed by atoms with E-state index in [-0.39, 0.29) is 18.5 Å². The Balaban J connectivity index is 2.69. The van der Waals surface area contributed by atoms with Gasteiger partial charge in [-0.05, 0) is 39.7 Å². The zero-order chi connectivity index (χ0) is 21.2. The van der Waals surface area contributed by atoms with Gasteiger partial charge in [0.2, 0.25) is 11.8 Å². The first kappa shape index (κ1) is 23.5. The fourth-order valence-electron chi connectivity index (χ4n) is 2.62. The Morgan fingerprint density at radius 1 is 1.07 bits per heavy atom. The van der Waals surface area contributed by atoms with Crippen LogP contribution in [0.1, 0.15) is 53.0 Å². The first-order valence-corrected chi connectivity index (χ1v) is 9.71. The van der Waals surface area contributed by atoms with Gasteiger partial charge in [0.15, 0.2) is 0 Å². The largest absolute Gasteiger partial charge is 0.444 e. The topological polar surface area (TPSA) is 96.5 Å². The summed E-state index contributed by atoms with van der Waals surface area (Å²) in [4.78, 5) is 36.6. The summed E-state index contributed by atoms with van der Waals surface area (Å²) in [7, 11) is 0. The summed E-state index contributed by atoms with van der Waals surface area (Å²) >= 11 is 0. The summed E-state index contributed by atoms with van der Waals surface area (Å²) in [5.74, 6) is -0.694. The average Bonchev–Trinajstić information content (AvgIpc) is 2.59. The SMILES string of the molecule is CCCC(C)NC(=O)C(Cc1ccccc1)NC(=O)CNC(=O)OC(C)(C)C. The Labute approximate surface area is 167 Å². The van der Waals surface area contributed by atoms with Crippen molar-refractivity contribution < 1.29 is 19.1 Å². The molecule has 0 aliphatic rings. The molecule has 7 heteroatoms. The van der Waals surface area contributed by atoms with Gasteiger partial charge < -0.3 is 20.7 Å². The molecule has 0 heterocycles. The van der Waals surface area contributed by atoms with E-state index in [0.717, 1.165) is 18.4 Å². The number of rotatable bonds is 9. The van der Waals surface area contributed by atoms with E-state index < -0.39 is 23.6 Å². The predicted molar refractivity (Wildman–Crippen MR) is 109 cm³/mol. The molecule has 0 saturated heterocycles. The third-order valence-electron chi connectivity index (χ3n) is 3.84. The van der Waals surface area contributed by atoms with Gasteiger partial charge in [-0.2, -0.15) is 0 Å². The predicted octanol–water partition coefficient (Wildman–Crippen LogP) is 2.54. The summed E-state index contributed by atoms with van der Waals surface area (Å²) in [6, 6.07) is 8.76.